The highest BCUT2D eigenvalue weighted by Gasteiger charge is 2.23. The second kappa shape index (κ2) is 54.0. The third kappa shape index (κ3) is 55.9. The van der Waals surface area contributed by atoms with E-state index in [4.69, 9.17) is 9.05 Å². The number of phosphoric ester groups is 1. The van der Waals surface area contributed by atoms with Crippen LogP contribution in [0, 0.1) is 0 Å². The molecule has 0 aromatic carbocycles. The predicted molar refractivity (Wildman–Crippen MR) is 311 cm³/mol. The zero-order valence-corrected chi connectivity index (χ0v) is 49.0. The van der Waals surface area contributed by atoms with Gasteiger partial charge in [0.2, 0.25) is 5.91 Å². The Morgan fingerprint density at radius 3 is 1.21 bits per heavy atom. The van der Waals surface area contributed by atoms with Crippen molar-refractivity contribution in [3.05, 3.63) is 60.8 Å². The number of carbonyl (C=O) groups is 1. The first-order valence-electron chi connectivity index (χ1n) is 30.7. The molecule has 8 nitrogen and oxygen atoms in total. The molecule has 0 aliphatic heterocycles. The lowest BCUT2D eigenvalue weighted by atomic mass is 10.0. The van der Waals surface area contributed by atoms with Crippen LogP contribution >= 0.6 is 7.82 Å². The van der Waals surface area contributed by atoms with E-state index in [-0.39, 0.29) is 12.5 Å². The third-order valence-electron chi connectivity index (χ3n) is 13.7. The van der Waals surface area contributed by atoms with Gasteiger partial charge in [-0.1, -0.05) is 261 Å². The van der Waals surface area contributed by atoms with Crippen molar-refractivity contribution < 1.29 is 32.9 Å². The van der Waals surface area contributed by atoms with Gasteiger partial charge >= 0.3 is 0 Å². The van der Waals surface area contributed by atoms with Gasteiger partial charge in [0.1, 0.15) is 13.2 Å². The van der Waals surface area contributed by atoms with E-state index in [1.54, 1.807) is 6.08 Å². The molecule has 3 unspecified atom stereocenters. The van der Waals surface area contributed by atoms with E-state index in [2.05, 4.69) is 67.8 Å². The van der Waals surface area contributed by atoms with Gasteiger partial charge in [-0.25, -0.2) is 0 Å². The monoisotopic (exact) mass is 1030 g/mol. The first kappa shape index (κ1) is 70.2. The smallest absolute Gasteiger partial charge is 0.268 e. The summed E-state index contributed by atoms with van der Waals surface area (Å²) in [6, 6.07) is -0.913. The molecule has 0 heterocycles. The lowest BCUT2D eigenvalue weighted by molar-refractivity contribution is -0.870. The van der Waals surface area contributed by atoms with Gasteiger partial charge in [0.05, 0.1) is 39.9 Å². The Bertz CT molecular complexity index is 1360. The Labute approximate surface area is 447 Å². The van der Waals surface area contributed by atoms with Gasteiger partial charge in [-0.15, -0.1) is 0 Å². The summed E-state index contributed by atoms with van der Waals surface area (Å²) in [7, 11) is 1.24. The van der Waals surface area contributed by atoms with Crippen molar-refractivity contribution in [1.82, 2.24) is 5.32 Å². The largest absolute Gasteiger partial charge is 0.756 e. The van der Waals surface area contributed by atoms with Crippen molar-refractivity contribution in [2.24, 2.45) is 0 Å². The van der Waals surface area contributed by atoms with Crippen molar-refractivity contribution in [2.75, 3.05) is 40.9 Å². The zero-order valence-electron chi connectivity index (χ0n) is 48.1. The minimum atomic E-state index is -4.61. The van der Waals surface area contributed by atoms with Crippen molar-refractivity contribution in [1.29, 1.82) is 0 Å². The molecule has 0 fully saturated rings. The van der Waals surface area contributed by atoms with Gasteiger partial charge in [0, 0.05) is 6.42 Å². The minimum absolute atomic E-state index is 0.0102. The number of hydrogen-bond donors (Lipinski definition) is 2. The number of phosphoric acid groups is 1. The number of quaternary nitrogens is 1. The Hall–Kier alpha value is -1.80. The lowest BCUT2D eigenvalue weighted by Gasteiger charge is -2.29. The number of likely N-dealkylation sites (N-methyl/N-ethyl adjacent to an activating group) is 1. The molecule has 0 spiro atoms. The first-order chi connectivity index (χ1) is 35.0. The maximum absolute atomic E-state index is 13.0. The van der Waals surface area contributed by atoms with E-state index in [0.717, 1.165) is 51.4 Å². The Morgan fingerprint density at radius 1 is 0.486 bits per heavy atom. The molecule has 1 amide bonds. The number of rotatable bonds is 56. The number of allylic oxidation sites excluding steroid dienone is 9. The summed E-state index contributed by atoms with van der Waals surface area (Å²) in [6.45, 7) is 4.64. The molecule has 0 rings (SSSR count). The highest BCUT2D eigenvalue weighted by Crippen LogP contribution is 2.38. The van der Waals surface area contributed by atoms with E-state index >= 15 is 0 Å². The average molecular weight is 1030 g/mol. The summed E-state index contributed by atoms with van der Waals surface area (Å²) in [5.41, 5.74) is 0. The van der Waals surface area contributed by atoms with Crippen LogP contribution in [0.4, 0.5) is 0 Å². The van der Waals surface area contributed by atoms with Gasteiger partial charge in [0.15, 0.2) is 0 Å². The molecule has 0 aromatic rings. The van der Waals surface area contributed by atoms with Crippen LogP contribution in [0.3, 0.4) is 0 Å². The quantitative estimate of drug-likeness (QED) is 0.0272. The SMILES string of the molecule is CCCCCCC/C=C\C/C=C\CCCCCCCCCCCCCCCC(=O)NC(COP(=O)([O-])OCC[N+](C)(C)C)C(O)/C=C/CC/C=C/CC/C=C/CCCCCCCCCCCCCCCCC. The molecule has 9 heteroatoms. The maximum Gasteiger partial charge on any atom is 0.268 e. The van der Waals surface area contributed by atoms with Crippen LogP contribution in [0.1, 0.15) is 284 Å². The van der Waals surface area contributed by atoms with Crippen LogP contribution in [0.15, 0.2) is 60.8 Å². The number of aliphatic hydroxyl groups is 1. The molecule has 0 bridgehead atoms. The normalized spacial score (nSPS) is 14.3. The second-order valence-corrected chi connectivity index (χ2v) is 23.4. The number of nitrogens with one attached hydrogen (secondary N) is 1. The Balaban J connectivity index is 4.24. The Morgan fingerprint density at radius 2 is 0.819 bits per heavy atom. The summed E-state index contributed by atoms with van der Waals surface area (Å²) >= 11 is 0. The molecule has 0 aromatic heterocycles. The molecular weight excluding hydrogens is 912 g/mol. The molecule has 0 saturated heterocycles. The molecule has 0 aliphatic carbocycles. The fraction of sp³-hybridized carbons (Fsp3) is 0.825. The zero-order chi connectivity index (χ0) is 52.7. The van der Waals surface area contributed by atoms with Gasteiger partial charge in [0.25, 0.3) is 7.82 Å². The lowest BCUT2D eigenvalue weighted by Crippen LogP contribution is -2.45. The number of carbonyl (C=O) groups excluding carboxylic acids is 1. The molecule has 422 valence electrons. The minimum Gasteiger partial charge on any atom is -0.756 e. The molecule has 0 aliphatic rings. The number of nitrogens with zero attached hydrogens (tertiary/aromatic N) is 1. The van der Waals surface area contributed by atoms with Crippen molar-refractivity contribution in [2.45, 2.75) is 296 Å². The first-order valence-corrected chi connectivity index (χ1v) is 32.1. The van der Waals surface area contributed by atoms with Gasteiger partial charge in [-0.3, -0.25) is 9.36 Å². The van der Waals surface area contributed by atoms with Crippen molar-refractivity contribution >= 4 is 13.7 Å². The van der Waals surface area contributed by atoms with Crippen LogP contribution in [-0.2, 0) is 18.4 Å². The number of unbranched alkanes of at least 4 members (excludes halogenated alkanes) is 35. The molecule has 0 saturated carbocycles. The van der Waals surface area contributed by atoms with Crippen molar-refractivity contribution in [3.8, 4) is 0 Å². The van der Waals surface area contributed by atoms with Crippen LogP contribution in [0.5, 0.6) is 0 Å². The molecule has 72 heavy (non-hydrogen) atoms. The second-order valence-electron chi connectivity index (χ2n) is 22.0. The predicted octanol–water partition coefficient (Wildman–Crippen LogP) is 18.2. The number of aliphatic hydroxyl groups excluding tert-OH is 1. The fourth-order valence-corrected chi connectivity index (χ4v) is 9.59. The summed E-state index contributed by atoms with van der Waals surface area (Å²) in [6.07, 6.45) is 73.1. The van der Waals surface area contributed by atoms with Gasteiger partial charge < -0.3 is 28.8 Å². The summed E-state index contributed by atoms with van der Waals surface area (Å²) in [4.78, 5) is 25.5. The van der Waals surface area contributed by atoms with Crippen molar-refractivity contribution in [3.63, 3.8) is 0 Å². The summed E-state index contributed by atoms with van der Waals surface area (Å²) in [5, 5.41) is 13.9. The molecule has 3 atom stereocenters. The van der Waals surface area contributed by atoms with E-state index < -0.39 is 26.6 Å². The summed E-state index contributed by atoms with van der Waals surface area (Å²) in [5.74, 6) is -0.211. The highest BCUT2D eigenvalue weighted by molar-refractivity contribution is 7.45. The number of hydrogen-bond acceptors (Lipinski definition) is 6. The summed E-state index contributed by atoms with van der Waals surface area (Å²) < 4.78 is 23.4. The highest BCUT2D eigenvalue weighted by atomic mass is 31.2. The standard InChI is InChI=1S/C63H119N2O6P/c1-6-8-10-12-14-16-18-20-22-24-26-28-30-32-34-36-38-40-42-44-46-48-50-52-54-56-62(66)61(60-71-72(68,69)70-59-58-65(3,4)5)64-63(67)57-55-53-51-49-47-45-43-41-39-37-35-33-31-29-27-25-23-21-19-17-15-13-11-9-7-2/h19,21,25,27,38,40,46,48,54,56,61-62,66H,6-18,20,22-24,26,28-37,39,41-45,47,49-53,55,57-60H2,1-5H3,(H-,64,67,68,69)/b21-19-,27-25-,40-38+,48-46+,56-54+. The van der Waals surface area contributed by atoms with Crippen LogP contribution < -0.4 is 10.2 Å². The van der Waals surface area contributed by atoms with E-state index in [1.165, 1.54) is 212 Å². The average Bonchev–Trinajstić information content (AvgIpc) is 3.34. The fourth-order valence-electron chi connectivity index (χ4n) is 8.86. The molecular formula is C63H119N2O6P. The Kier molecular flexibility index (Phi) is 52.7. The maximum atomic E-state index is 13.0. The van der Waals surface area contributed by atoms with E-state index in [1.807, 2.05) is 27.2 Å². The van der Waals surface area contributed by atoms with E-state index in [0.29, 0.717) is 17.4 Å². The van der Waals surface area contributed by atoms with Crippen LogP contribution in [0.2, 0.25) is 0 Å². The van der Waals surface area contributed by atoms with Crippen LogP contribution in [-0.4, -0.2) is 68.5 Å². The van der Waals surface area contributed by atoms with Crippen LogP contribution in [0.25, 0.3) is 0 Å². The molecule has 0 radical (unpaired) electrons. The third-order valence-corrected chi connectivity index (χ3v) is 14.6. The van der Waals surface area contributed by atoms with Gasteiger partial charge in [-0.2, -0.15) is 0 Å². The molecule has 2 N–H and O–H groups in total. The topological polar surface area (TPSA) is 108 Å². The van der Waals surface area contributed by atoms with E-state index in [9.17, 15) is 19.4 Å². The number of amides is 1. The van der Waals surface area contributed by atoms with Gasteiger partial charge in [-0.05, 0) is 77.0 Å².